The van der Waals surface area contributed by atoms with Crippen molar-refractivity contribution >= 4 is 23.0 Å². The van der Waals surface area contributed by atoms with E-state index in [1.165, 1.54) is 12.1 Å². The number of nitrogens with zero attached hydrogens (tertiary/aromatic N) is 1. The summed E-state index contributed by atoms with van der Waals surface area (Å²) in [5, 5.41) is 14.3. The molecule has 1 heterocycles. The largest absolute Gasteiger partial charge is 0.381 e. The van der Waals surface area contributed by atoms with Gasteiger partial charge in [-0.3, -0.25) is 10.1 Å². The average molecular weight is 271 g/mol. The van der Waals surface area contributed by atoms with E-state index in [0.717, 1.165) is 30.7 Å². The lowest BCUT2D eigenvalue weighted by Crippen LogP contribution is -2.19. The van der Waals surface area contributed by atoms with Crippen LogP contribution in [0.4, 0.5) is 11.4 Å². The topological polar surface area (TPSA) is 64.4 Å². The first-order valence-corrected chi connectivity index (χ1v) is 6.25. The Balaban J connectivity index is 2.10. The van der Waals surface area contributed by atoms with E-state index in [1.807, 2.05) is 0 Å². The quantitative estimate of drug-likeness (QED) is 0.674. The van der Waals surface area contributed by atoms with Crippen molar-refractivity contribution in [3.05, 3.63) is 32.8 Å². The van der Waals surface area contributed by atoms with E-state index in [0.29, 0.717) is 11.6 Å². The van der Waals surface area contributed by atoms with E-state index >= 15 is 0 Å². The zero-order valence-corrected chi connectivity index (χ0v) is 10.9. The Kier molecular flexibility index (Phi) is 4.04. The van der Waals surface area contributed by atoms with E-state index in [4.69, 9.17) is 16.3 Å². The van der Waals surface area contributed by atoms with Crippen LogP contribution in [0.1, 0.15) is 18.4 Å². The summed E-state index contributed by atoms with van der Waals surface area (Å²) in [6, 6.07) is 2.89. The van der Waals surface area contributed by atoms with Crippen molar-refractivity contribution in [2.75, 3.05) is 18.5 Å². The highest BCUT2D eigenvalue weighted by molar-refractivity contribution is 6.33. The molecule has 1 aliphatic heterocycles. The summed E-state index contributed by atoms with van der Waals surface area (Å²) < 4.78 is 5.50. The van der Waals surface area contributed by atoms with Crippen LogP contribution in [0.2, 0.25) is 5.02 Å². The fourth-order valence-corrected chi connectivity index (χ4v) is 2.40. The Hall–Kier alpha value is -1.33. The van der Waals surface area contributed by atoms with Gasteiger partial charge in [0.1, 0.15) is 0 Å². The van der Waals surface area contributed by atoms with Gasteiger partial charge in [-0.15, -0.1) is 0 Å². The summed E-state index contributed by atoms with van der Waals surface area (Å²) in [4.78, 5) is 10.2. The Labute approximate surface area is 110 Å². The first-order chi connectivity index (χ1) is 8.58. The minimum absolute atomic E-state index is 0.0140. The fraction of sp³-hybridized carbons (Fsp3) is 0.500. The van der Waals surface area contributed by atoms with Gasteiger partial charge < -0.3 is 10.1 Å². The molecule has 98 valence electrons. The molecule has 1 saturated heterocycles. The number of nitrogens with one attached hydrogen (secondary N) is 1. The number of halogens is 1. The number of nitro groups is 1. The highest BCUT2D eigenvalue weighted by atomic mass is 35.5. The maximum atomic E-state index is 10.7. The molecule has 6 heteroatoms. The molecule has 1 aromatic rings. The van der Waals surface area contributed by atoms with Crippen LogP contribution in [0.5, 0.6) is 0 Å². The molecule has 0 amide bonds. The molecule has 0 spiro atoms. The van der Waals surface area contributed by atoms with Gasteiger partial charge >= 0.3 is 0 Å². The molecule has 1 N–H and O–H groups in total. The van der Waals surface area contributed by atoms with Crippen LogP contribution in [0.25, 0.3) is 0 Å². The molecule has 18 heavy (non-hydrogen) atoms. The summed E-state index contributed by atoms with van der Waals surface area (Å²) >= 11 is 6.06. The van der Waals surface area contributed by atoms with Crippen molar-refractivity contribution in [2.45, 2.75) is 25.9 Å². The van der Waals surface area contributed by atoms with Crippen molar-refractivity contribution in [2.24, 2.45) is 0 Å². The minimum Gasteiger partial charge on any atom is -0.381 e. The summed E-state index contributed by atoms with van der Waals surface area (Å²) in [7, 11) is 0. The first-order valence-electron chi connectivity index (χ1n) is 5.88. The molecule has 0 aliphatic carbocycles. The average Bonchev–Trinajstić information content (AvgIpc) is 2.80. The van der Waals surface area contributed by atoms with E-state index in [9.17, 15) is 10.1 Å². The van der Waals surface area contributed by atoms with E-state index in [2.05, 4.69) is 5.32 Å². The number of rotatable bonds is 4. The van der Waals surface area contributed by atoms with E-state index < -0.39 is 4.92 Å². The molecule has 0 aromatic heterocycles. The predicted octanol–water partition coefficient (Wildman–Crippen LogP) is 3.15. The van der Waals surface area contributed by atoms with Gasteiger partial charge in [-0.2, -0.15) is 0 Å². The summed E-state index contributed by atoms with van der Waals surface area (Å²) in [6.45, 7) is 3.29. The van der Waals surface area contributed by atoms with Crippen molar-refractivity contribution in [1.82, 2.24) is 0 Å². The molecule has 1 aliphatic rings. The van der Waals surface area contributed by atoms with Crippen molar-refractivity contribution in [1.29, 1.82) is 0 Å². The molecule has 5 nitrogen and oxygen atoms in total. The molecule has 0 bridgehead atoms. The maximum Gasteiger partial charge on any atom is 0.271 e. The van der Waals surface area contributed by atoms with Gasteiger partial charge in [-0.25, -0.2) is 0 Å². The van der Waals surface area contributed by atoms with Crippen molar-refractivity contribution < 1.29 is 9.66 Å². The molecule has 1 atom stereocenters. The zero-order valence-electron chi connectivity index (χ0n) is 10.1. The lowest BCUT2D eigenvalue weighted by atomic mass is 10.1. The molecule has 0 saturated carbocycles. The SMILES string of the molecule is Cc1cc([N+](=O)[O-])cc(Cl)c1NCC1CCCO1. The number of non-ortho nitro benzene ring substituents is 1. The Morgan fingerprint density at radius 1 is 1.61 bits per heavy atom. The molecule has 1 fully saturated rings. The van der Waals surface area contributed by atoms with Gasteiger partial charge in [0.15, 0.2) is 0 Å². The van der Waals surface area contributed by atoms with E-state index in [1.54, 1.807) is 6.92 Å². The number of benzene rings is 1. The second-order valence-corrected chi connectivity index (χ2v) is 4.80. The van der Waals surface area contributed by atoms with Crippen LogP contribution < -0.4 is 5.32 Å². The van der Waals surface area contributed by atoms with Gasteiger partial charge in [0, 0.05) is 25.3 Å². The molecule has 1 aromatic carbocycles. The van der Waals surface area contributed by atoms with Crippen molar-refractivity contribution in [3.63, 3.8) is 0 Å². The third-order valence-electron chi connectivity index (χ3n) is 3.01. The second-order valence-electron chi connectivity index (χ2n) is 4.39. The van der Waals surface area contributed by atoms with E-state index in [-0.39, 0.29) is 11.8 Å². The number of hydrogen-bond acceptors (Lipinski definition) is 4. The fourth-order valence-electron chi connectivity index (χ4n) is 2.08. The normalized spacial score (nSPS) is 18.9. The summed E-state index contributed by atoms with van der Waals surface area (Å²) in [5.41, 5.74) is 1.53. The summed E-state index contributed by atoms with van der Waals surface area (Å²) in [6.07, 6.45) is 2.33. The Morgan fingerprint density at radius 2 is 2.39 bits per heavy atom. The van der Waals surface area contributed by atoms with Gasteiger partial charge in [-0.05, 0) is 25.3 Å². The molecule has 0 radical (unpaired) electrons. The number of anilines is 1. The van der Waals surface area contributed by atoms with Crippen LogP contribution in [0, 0.1) is 17.0 Å². The standard InChI is InChI=1S/C12H15ClN2O3/c1-8-5-9(15(16)17)6-11(13)12(8)14-7-10-3-2-4-18-10/h5-6,10,14H,2-4,7H2,1H3. The molecular weight excluding hydrogens is 256 g/mol. The van der Waals surface area contributed by atoms with Crippen LogP contribution >= 0.6 is 11.6 Å². The van der Waals surface area contributed by atoms with Gasteiger partial charge in [0.05, 0.1) is 21.7 Å². The van der Waals surface area contributed by atoms with Crippen LogP contribution in [-0.4, -0.2) is 24.2 Å². The smallest absolute Gasteiger partial charge is 0.271 e. The van der Waals surface area contributed by atoms with Crippen LogP contribution in [0.15, 0.2) is 12.1 Å². The van der Waals surface area contributed by atoms with Gasteiger partial charge in [-0.1, -0.05) is 11.6 Å². The molecule has 2 rings (SSSR count). The Bertz CT molecular complexity index is 436. The monoisotopic (exact) mass is 270 g/mol. The number of aryl methyl sites for hydroxylation is 1. The minimum atomic E-state index is -0.442. The lowest BCUT2D eigenvalue weighted by molar-refractivity contribution is -0.384. The van der Waals surface area contributed by atoms with Crippen molar-refractivity contribution in [3.8, 4) is 0 Å². The Morgan fingerprint density at radius 3 is 2.94 bits per heavy atom. The number of hydrogen-bond donors (Lipinski definition) is 1. The lowest BCUT2D eigenvalue weighted by Gasteiger charge is -2.15. The zero-order chi connectivity index (χ0) is 13.1. The molecule has 1 unspecified atom stereocenters. The van der Waals surface area contributed by atoms with Gasteiger partial charge in [0.2, 0.25) is 0 Å². The second kappa shape index (κ2) is 5.54. The third-order valence-corrected chi connectivity index (χ3v) is 3.31. The summed E-state index contributed by atoms with van der Waals surface area (Å²) in [5.74, 6) is 0. The number of nitro benzene ring substituents is 1. The number of ether oxygens (including phenoxy) is 1. The van der Waals surface area contributed by atoms with Crippen LogP contribution in [-0.2, 0) is 4.74 Å². The van der Waals surface area contributed by atoms with Gasteiger partial charge in [0.25, 0.3) is 5.69 Å². The third kappa shape index (κ3) is 2.91. The first kappa shape index (κ1) is 13.1. The van der Waals surface area contributed by atoms with Crippen LogP contribution in [0.3, 0.4) is 0 Å². The maximum absolute atomic E-state index is 10.7. The highest BCUT2D eigenvalue weighted by Gasteiger charge is 2.17. The predicted molar refractivity (Wildman–Crippen MR) is 70.3 cm³/mol. The highest BCUT2D eigenvalue weighted by Crippen LogP contribution is 2.31. The molecular formula is C12H15ClN2O3.